The molecule has 6 nitrogen and oxygen atoms in total. The van der Waals surface area contributed by atoms with Crippen molar-refractivity contribution in [3.8, 4) is 12.3 Å². The number of thiophene rings is 1. The summed E-state index contributed by atoms with van der Waals surface area (Å²) in [7, 11) is -3.82. The van der Waals surface area contributed by atoms with Crippen molar-refractivity contribution in [2.75, 3.05) is 6.54 Å². The van der Waals surface area contributed by atoms with E-state index in [1.165, 1.54) is 27.8 Å². The number of sulfonamides is 1. The maximum Gasteiger partial charge on any atom is 0.266 e. The molecule has 1 aliphatic rings. The molecule has 1 unspecified atom stereocenters. The second kappa shape index (κ2) is 8.46. The topological polar surface area (TPSA) is 71.7 Å². The number of hydrogen-bond donors (Lipinski definition) is 0. The summed E-state index contributed by atoms with van der Waals surface area (Å²) in [6.45, 7) is 0.490. The number of thiazole rings is 1. The normalized spacial score (nSPS) is 18.2. The third-order valence-electron chi connectivity index (χ3n) is 4.70. The highest BCUT2D eigenvalue weighted by Gasteiger charge is 2.40. The van der Waals surface area contributed by atoms with Crippen LogP contribution in [0.2, 0.25) is 9.36 Å². The first-order valence-electron chi connectivity index (χ1n) is 8.89. The van der Waals surface area contributed by atoms with E-state index in [0.29, 0.717) is 27.0 Å². The molecule has 3 heterocycles. The number of carbonyl (C=O) groups excluding carboxylic acids is 1. The molecule has 4 rings (SSSR count). The van der Waals surface area contributed by atoms with Gasteiger partial charge in [-0.2, -0.15) is 9.30 Å². The summed E-state index contributed by atoms with van der Waals surface area (Å²) in [5.41, 5.74) is 0.818. The molecular weight excluding hydrogens is 485 g/mol. The Balaban J connectivity index is 1.73. The summed E-state index contributed by atoms with van der Waals surface area (Å²) in [4.78, 5) is 17.7. The predicted octanol–water partition coefficient (Wildman–Crippen LogP) is 3.98. The monoisotopic (exact) mass is 499 g/mol. The lowest BCUT2D eigenvalue weighted by Gasteiger charge is -2.20. The number of halogens is 2. The summed E-state index contributed by atoms with van der Waals surface area (Å²) in [5, 5.41) is 0.567. The molecule has 2 aromatic heterocycles. The fourth-order valence-corrected chi connectivity index (χ4v) is 7.95. The van der Waals surface area contributed by atoms with Gasteiger partial charge in [-0.15, -0.1) is 17.8 Å². The molecule has 1 amide bonds. The molecule has 0 aliphatic carbocycles. The average molecular weight is 500 g/mol. The van der Waals surface area contributed by atoms with Crippen molar-refractivity contribution < 1.29 is 13.2 Å². The number of nitrogens with zero attached hydrogens (tertiary/aromatic N) is 3. The molecule has 1 aromatic carbocycles. The van der Waals surface area contributed by atoms with Crippen LogP contribution in [0.25, 0.3) is 10.2 Å². The van der Waals surface area contributed by atoms with Gasteiger partial charge in [-0.05, 0) is 43.2 Å². The molecule has 156 valence electrons. The minimum Gasteiger partial charge on any atom is -0.305 e. The molecule has 30 heavy (non-hydrogen) atoms. The van der Waals surface area contributed by atoms with E-state index in [4.69, 9.17) is 29.6 Å². The van der Waals surface area contributed by atoms with Gasteiger partial charge in [0.05, 0.1) is 21.1 Å². The van der Waals surface area contributed by atoms with Gasteiger partial charge in [-0.1, -0.05) is 40.5 Å². The van der Waals surface area contributed by atoms with Gasteiger partial charge in [-0.3, -0.25) is 4.79 Å². The standard InChI is InChI=1S/C19H15Cl2N3O3S3/c1-2-9-23-13-6-5-12(20)11-15(13)28-19(23)22-18(25)14-4-3-10-24(14)30(26,27)17-8-7-16(21)29-17/h1,5-8,11,14H,3-4,9-10H2. The molecule has 0 spiro atoms. The minimum atomic E-state index is -3.82. The molecule has 1 saturated heterocycles. The highest BCUT2D eigenvalue weighted by molar-refractivity contribution is 7.91. The molecule has 11 heteroatoms. The van der Waals surface area contributed by atoms with Crippen LogP contribution in [-0.2, 0) is 21.4 Å². The molecule has 1 aliphatic heterocycles. The Hall–Kier alpha value is -1.67. The number of benzene rings is 1. The zero-order valence-corrected chi connectivity index (χ0v) is 19.4. The van der Waals surface area contributed by atoms with Gasteiger partial charge >= 0.3 is 0 Å². The lowest BCUT2D eigenvalue weighted by atomic mass is 10.2. The van der Waals surface area contributed by atoms with Gasteiger partial charge < -0.3 is 4.57 Å². The quantitative estimate of drug-likeness (QED) is 0.509. The van der Waals surface area contributed by atoms with Gasteiger partial charge in [0, 0.05) is 11.6 Å². The largest absolute Gasteiger partial charge is 0.305 e. The van der Waals surface area contributed by atoms with E-state index in [9.17, 15) is 13.2 Å². The van der Waals surface area contributed by atoms with Crippen LogP contribution in [0.1, 0.15) is 12.8 Å². The van der Waals surface area contributed by atoms with Crippen molar-refractivity contribution in [1.82, 2.24) is 8.87 Å². The van der Waals surface area contributed by atoms with Gasteiger partial charge in [0.1, 0.15) is 10.3 Å². The number of amides is 1. The van der Waals surface area contributed by atoms with Gasteiger partial charge in [0.2, 0.25) is 0 Å². The highest BCUT2D eigenvalue weighted by atomic mass is 35.5. The van der Waals surface area contributed by atoms with Crippen LogP contribution < -0.4 is 4.80 Å². The molecule has 0 bridgehead atoms. The van der Waals surface area contributed by atoms with Gasteiger partial charge in [0.25, 0.3) is 15.9 Å². The zero-order chi connectivity index (χ0) is 21.5. The summed E-state index contributed by atoms with van der Waals surface area (Å²) in [6.07, 6.45) is 6.48. The van der Waals surface area contributed by atoms with E-state index in [1.54, 1.807) is 16.7 Å². The van der Waals surface area contributed by atoms with E-state index in [0.717, 1.165) is 21.6 Å². The van der Waals surface area contributed by atoms with Crippen LogP contribution >= 0.6 is 45.9 Å². The number of rotatable bonds is 4. The Morgan fingerprint density at radius 3 is 2.77 bits per heavy atom. The van der Waals surface area contributed by atoms with Crippen molar-refractivity contribution in [2.24, 2.45) is 4.99 Å². The molecule has 3 aromatic rings. The fraction of sp³-hybridized carbons (Fsp3) is 0.263. The van der Waals surface area contributed by atoms with E-state index < -0.39 is 22.0 Å². The third-order valence-corrected chi connectivity index (χ3v) is 9.58. The maximum absolute atomic E-state index is 13.0. The van der Waals surface area contributed by atoms with E-state index in [2.05, 4.69) is 10.9 Å². The minimum absolute atomic E-state index is 0.117. The molecule has 1 atom stereocenters. The number of terminal acetylenes is 1. The molecular formula is C19H15Cl2N3O3S3. The van der Waals surface area contributed by atoms with Crippen molar-refractivity contribution in [3.63, 3.8) is 0 Å². The number of aromatic nitrogens is 1. The summed E-state index contributed by atoms with van der Waals surface area (Å²) < 4.78 is 30.3. The first-order valence-corrected chi connectivity index (χ1v) is 12.7. The SMILES string of the molecule is C#CCn1c(=NC(=O)C2CCCN2S(=O)(=O)c2ccc(Cl)s2)sc2cc(Cl)ccc21. The van der Waals surface area contributed by atoms with E-state index in [-0.39, 0.29) is 17.3 Å². The molecule has 0 saturated carbocycles. The van der Waals surface area contributed by atoms with Crippen LogP contribution in [0.15, 0.2) is 39.5 Å². The van der Waals surface area contributed by atoms with Gasteiger partial charge in [-0.25, -0.2) is 8.42 Å². The Morgan fingerprint density at radius 1 is 1.27 bits per heavy atom. The van der Waals surface area contributed by atoms with Crippen molar-refractivity contribution >= 4 is 72.0 Å². The van der Waals surface area contributed by atoms with Crippen molar-refractivity contribution in [2.45, 2.75) is 29.6 Å². The third kappa shape index (κ3) is 3.96. The smallest absolute Gasteiger partial charge is 0.266 e. The number of carbonyl (C=O) groups is 1. The van der Waals surface area contributed by atoms with Crippen molar-refractivity contribution in [1.29, 1.82) is 0 Å². The summed E-state index contributed by atoms with van der Waals surface area (Å²) in [5.74, 6) is 2.05. The summed E-state index contributed by atoms with van der Waals surface area (Å²) >= 11 is 14.2. The molecule has 1 fully saturated rings. The maximum atomic E-state index is 13.0. The summed E-state index contributed by atoms with van der Waals surface area (Å²) in [6, 6.07) is 7.47. The Morgan fingerprint density at radius 2 is 2.07 bits per heavy atom. The van der Waals surface area contributed by atoms with Crippen molar-refractivity contribution in [3.05, 3.63) is 44.5 Å². The molecule has 0 N–H and O–H groups in total. The Bertz CT molecular complexity index is 1350. The van der Waals surface area contributed by atoms with E-state index >= 15 is 0 Å². The van der Waals surface area contributed by atoms with Crippen LogP contribution in [-0.4, -0.2) is 35.8 Å². The lowest BCUT2D eigenvalue weighted by molar-refractivity contribution is -0.121. The molecule has 0 radical (unpaired) electrons. The van der Waals surface area contributed by atoms with E-state index in [1.807, 2.05) is 6.07 Å². The average Bonchev–Trinajstić information content (AvgIpc) is 3.41. The highest BCUT2D eigenvalue weighted by Crippen LogP contribution is 2.32. The Labute approximate surface area is 191 Å². The first kappa shape index (κ1) is 21.6. The van der Waals surface area contributed by atoms with Crippen LogP contribution in [0.3, 0.4) is 0 Å². The Kier molecular flexibility index (Phi) is 6.08. The van der Waals surface area contributed by atoms with Gasteiger partial charge in [0.15, 0.2) is 4.80 Å². The second-order valence-corrected chi connectivity index (χ2v) is 11.8. The number of fused-ring (bicyclic) bond motifs is 1. The van der Waals surface area contributed by atoms with Crippen LogP contribution in [0.4, 0.5) is 0 Å². The lowest BCUT2D eigenvalue weighted by Crippen LogP contribution is -2.40. The predicted molar refractivity (Wildman–Crippen MR) is 120 cm³/mol. The first-order chi connectivity index (χ1) is 14.3. The second-order valence-electron chi connectivity index (χ2n) is 6.57. The van der Waals surface area contributed by atoms with Crippen LogP contribution in [0.5, 0.6) is 0 Å². The zero-order valence-electron chi connectivity index (χ0n) is 15.4. The van der Waals surface area contributed by atoms with Crippen LogP contribution in [0, 0.1) is 12.3 Å². The fourth-order valence-electron chi connectivity index (χ4n) is 3.37. The number of hydrogen-bond acceptors (Lipinski definition) is 5.